The average Bonchev–Trinajstić information content (AvgIpc) is 2.78. The third kappa shape index (κ3) is 4.70. The largest absolute Gasteiger partial charge is 0.508 e. The van der Waals surface area contributed by atoms with E-state index in [0.717, 1.165) is 4.90 Å². The zero-order valence-corrected chi connectivity index (χ0v) is 17.7. The first-order valence-electron chi connectivity index (χ1n) is 9.70. The van der Waals surface area contributed by atoms with Crippen LogP contribution in [-0.4, -0.2) is 23.0 Å². The van der Waals surface area contributed by atoms with Crippen molar-refractivity contribution < 1.29 is 28.6 Å². The van der Waals surface area contributed by atoms with Crippen LogP contribution in [0.4, 0.5) is 14.9 Å². The van der Waals surface area contributed by atoms with Crippen LogP contribution in [0.25, 0.3) is 6.08 Å². The number of carbonyl (C=O) groups excluding carboxylic acids is 3. The molecule has 4 amide bonds. The summed E-state index contributed by atoms with van der Waals surface area (Å²) in [7, 11) is 0. The Balaban J connectivity index is 1.68. The van der Waals surface area contributed by atoms with Crippen LogP contribution >= 0.6 is 11.6 Å². The van der Waals surface area contributed by atoms with E-state index in [1.165, 1.54) is 48.5 Å². The molecular weight excluding hydrogens is 451 g/mol. The maximum Gasteiger partial charge on any atom is 0.335 e. The van der Waals surface area contributed by atoms with Crippen LogP contribution in [0.2, 0.25) is 5.02 Å². The Labute approximate surface area is 192 Å². The Hall–Kier alpha value is -4.17. The van der Waals surface area contributed by atoms with Crippen molar-refractivity contribution in [2.45, 2.75) is 6.61 Å². The number of benzene rings is 3. The molecule has 1 aliphatic heterocycles. The van der Waals surface area contributed by atoms with Crippen LogP contribution in [-0.2, 0) is 16.2 Å². The molecule has 0 saturated carbocycles. The van der Waals surface area contributed by atoms with E-state index < -0.39 is 23.7 Å². The van der Waals surface area contributed by atoms with E-state index in [1.807, 2.05) is 0 Å². The van der Waals surface area contributed by atoms with Gasteiger partial charge in [0.2, 0.25) is 0 Å². The number of imide groups is 2. The van der Waals surface area contributed by atoms with E-state index in [4.69, 9.17) is 16.3 Å². The Morgan fingerprint density at radius 3 is 2.48 bits per heavy atom. The molecule has 166 valence electrons. The van der Waals surface area contributed by atoms with Crippen molar-refractivity contribution in [1.82, 2.24) is 5.32 Å². The normalized spacial score (nSPS) is 15.0. The van der Waals surface area contributed by atoms with Gasteiger partial charge in [0.25, 0.3) is 11.8 Å². The predicted molar refractivity (Wildman–Crippen MR) is 119 cm³/mol. The maximum atomic E-state index is 13.9. The number of barbiturate groups is 1. The highest BCUT2D eigenvalue weighted by Gasteiger charge is 2.37. The molecule has 1 heterocycles. The molecule has 7 nitrogen and oxygen atoms in total. The summed E-state index contributed by atoms with van der Waals surface area (Å²) < 4.78 is 19.7. The predicted octanol–water partition coefficient (Wildman–Crippen LogP) is 4.43. The lowest BCUT2D eigenvalue weighted by Crippen LogP contribution is -2.54. The highest BCUT2D eigenvalue weighted by Crippen LogP contribution is 2.29. The van der Waals surface area contributed by atoms with Crippen molar-refractivity contribution in [3.8, 4) is 11.5 Å². The van der Waals surface area contributed by atoms with Crippen molar-refractivity contribution in [3.05, 3.63) is 94.3 Å². The monoisotopic (exact) mass is 466 g/mol. The molecule has 0 spiro atoms. The molecule has 4 rings (SSSR count). The second-order valence-electron chi connectivity index (χ2n) is 7.04. The Bertz CT molecular complexity index is 1290. The summed E-state index contributed by atoms with van der Waals surface area (Å²) in [6, 6.07) is 15.1. The molecule has 0 aliphatic carbocycles. The number of ether oxygens (including phenoxy) is 1. The molecule has 0 radical (unpaired) electrons. The fourth-order valence-electron chi connectivity index (χ4n) is 3.18. The summed E-state index contributed by atoms with van der Waals surface area (Å²) in [4.78, 5) is 38.6. The number of hydrogen-bond acceptors (Lipinski definition) is 5. The Morgan fingerprint density at radius 2 is 1.76 bits per heavy atom. The summed E-state index contributed by atoms with van der Waals surface area (Å²) in [6.45, 7) is -0.0945. The molecule has 0 atom stereocenters. The van der Waals surface area contributed by atoms with Gasteiger partial charge in [-0.15, -0.1) is 0 Å². The van der Waals surface area contributed by atoms with Gasteiger partial charge in [0.1, 0.15) is 29.5 Å². The minimum atomic E-state index is -0.921. The summed E-state index contributed by atoms with van der Waals surface area (Å²) in [6.07, 6.45) is 1.25. The van der Waals surface area contributed by atoms with E-state index in [1.54, 1.807) is 24.3 Å². The molecule has 3 aromatic rings. The third-order valence-electron chi connectivity index (χ3n) is 4.82. The molecular formula is C24H16ClFN2O5. The summed E-state index contributed by atoms with van der Waals surface area (Å²) in [5, 5.41) is 11.9. The molecule has 0 bridgehead atoms. The van der Waals surface area contributed by atoms with Gasteiger partial charge in [0, 0.05) is 16.1 Å². The summed E-state index contributed by atoms with van der Waals surface area (Å²) in [5.41, 5.74) is 0.440. The molecule has 33 heavy (non-hydrogen) atoms. The summed E-state index contributed by atoms with van der Waals surface area (Å²) in [5.74, 6) is -1.99. The first-order chi connectivity index (χ1) is 15.8. The van der Waals surface area contributed by atoms with Crippen LogP contribution in [0.3, 0.4) is 0 Å². The van der Waals surface area contributed by atoms with Gasteiger partial charge in [0.05, 0.1) is 5.69 Å². The van der Waals surface area contributed by atoms with Gasteiger partial charge in [-0.1, -0.05) is 29.8 Å². The second-order valence-corrected chi connectivity index (χ2v) is 7.47. The lowest BCUT2D eigenvalue weighted by molar-refractivity contribution is -0.122. The molecule has 3 aromatic carbocycles. The van der Waals surface area contributed by atoms with Crippen LogP contribution in [0.5, 0.6) is 11.5 Å². The number of urea groups is 1. The third-order valence-corrected chi connectivity index (χ3v) is 5.06. The van der Waals surface area contributed by atoms with E-state index in [-0.39, 0.29) is 34.9 Å². The van der Waals surface area contributed by atoms with Gasteiger partial charge in [-0.2, -0.15) is 0 Å². The van der Waals surface area contributed by atoms with Gasteiger partial charge in [-0.05, 0) is 54.6 Å². The van der Waals surface area contributed by atoms with Crippen molar-refractivity contribution in [1.29, 1.82) is 0 Å². The number of phenolic OH excluding ortho intramolecular Hbond substituents is 1. The number of aromatic hydroxyl groups is 1. The van der Waals surface area contributed by atoms with Gasteiger partial charge >= 0.3 is 6.03 Å². The van der Waals surface area contributed by atoms with Crippen molar-refractivity contribution in [2.24, 2.45) is 0 Å². The number of hydrogen-bond donors (Lipinski definition) is 2. The lowest BCUT2D eigenvalue weighted by atomic mass is 10.1. The van der Waals surface area contributed by atoms with E-state index in [0.29, 0.717) is 10.6 Å². The number of carbonyl (C=O) groups is 3. The fourth-order valence-corrected chi connectivity index (χ4v) is 3.36. The fraction of sp³-hybridized carbons (Fsp3) is 0.0417. The quantitative estimate of drug-likeness (QED) is 0.428. The first kappa shape index (κ1) is 22.0. The molecule has 1 aliphatic rings. The number of phenols is 1. The van der Waals surface area contributed by atoms with Crippen LogP contribution < -0.4 is 15.0 Å². The average molecular weight is 467 g/mol. The molecule has 9 heteroatoms. The number of amides is 4. The Morgan fingerprint density at radius 1 is 1.03 bits per heavy atom. The molecule has 1 saturated heterocycles. The zero-order chi connectivity index (χ0) is 23.5. The van der Waals surface area contributed by atoms with Crippen molar-refractivity contribution >= 4 is 41.2 Å². The number of anilines is 1. The SMILES string of the molecule is O=C1NC(=O)N(c2ccc(O)cc2)C(=O)/C1=C/c1cc(Cl)ccc1OCc1ccccc1F. The zero-order valence-electron chi connectivity index (χ0n) is 16.9. The highest BCUT2D eigenvalue weighted by molar-refractivity contribution is 6.39. The Kier molecular flexibility index (Phi) is 6.10. The molecule has 0 aromatic heterocycles. The number of rotatable bonds is 5. The number of nitrogens with one attached hydrogen (secondary N) is 1. The second kappa shape index (κ2) is 9.13. The minimum Gasteiger partial charge on any atom is -0.508 e. The van der Waals surface area contributed by atoms with E-state index in [2.05, 4.69) is 5.32 Å². The molecule has 0 unspecified atom stereocenters. The van der Waals surface area contributed by atoms with Crippen LogP contribution in [0, 0.1) is 5.82 Å². The lowest BCUT2D eigenvalue weighted by Gasteiger charge is -2.26. The van der Waals surface area contributed by atoms with E-state index in [9.17, 15) is 23.9 Å². The van der Waals surface area contributed by atoms with Crippen molar-refractivity contribution in [3.63, 3.8) is 0 Å². The number of halogens is 2. The van der Waals surface area contributed by atoms with Gasteiger partial charge in [0.15, 0.2) is 0 Å². The maximum absolute atomic E-state index is 13.9. The molecule has 1 fully saturated rings. The van der Waals surface area contributed by atoms with Crippen LogP contribution in [0.15, 0.2) is 72.3 Å². The molecule has 2 N–H and O–H groups in total. The highest BCUT2D eigenvalue weighted by atomic mass is 35.5. The topological polar surface area (TPSA) is 95.9 Å². The minimum absolute atomic E-state index is 0.0500. The standard InChI is InChI=1S/C24H16ClFN2O5/c25-16-5-10-21(33-13-14-3-1-2-4-20(14)26)15(11-16)12-19-22(30)27-24(32)28(23(19)31)17-6-8-18(29)9-7-17/h1-12,29H,13H2,(H,27,30,32)/b19-12+. The van der Waals surface area contributed by atoms with Gasteiger partial charge in [-0.3, -0.25) is 14.9 Å². The smallest absolute Gasteiger partial charge is 0.335 e. The first-order valence-corrected chi connectivity index (χ1v) is 10.1. The summed E-state index contributed by atoms with van der Waals surface area (Å²) >= 11 is 6.09. The van der Waals surface area contributed by atoms with Gasteiger partial charge < -0.3 is 9.84 Å². The van der Waals surface area contributed by atoms with Gasteiger partial charge in [-0.25, -0.2) is 14.1 Å². The van der Waals surface area contributed by atoms with E-state index >= 15 is 0 Å². The number of nitrogens with zero attached hydrogens (tertiary/aromatic N) is 1. The van der Waals surface area contributed by atoms with Crippen molar-refractivity contribution in [2.75, 3.05) is 4.90 Å². The van der Waals surface area contributed by atoms with Crippen LogP contribution in [0.1, 0.15) is 11.1 Å².